The molecule has 0 fully saturated rings. The lowest BCUT2D eigenvalue weighted by Gasteiger charge is -2.03. The van der Waals surface area contributed by atoms with Crippen LogP contribution in [0.5, 0.6) is 5.75 Å². The summed E-state index contributed by atoms with van der Waals surface area (Å²) in [4.78, 5) is 10.7. The fourth-order valence-electron chi connectivity index (χ4n) is 0.822. The van der Waals surface area contributed by atoms with Crippen molar-refractivity contribution in [3.05, 3.63) is 36.8 Å². The Balaban J connectivity index is 2.75. The second-order valence-electron chi connectivity index (χ2n) is 2.33. The van der Waals surface area contributed by atoms with Crippen molar-refractivity contribution in [1.29, 1.82) is 0 Å². The molecule has 0 saturated carbocycles. The molecule has 13 heavy (non-hydrogen) atoms. The van der Waals surface area contributed by atoms with E-state index in [0.29, 0.717) is 5.56 Å². The molecule has 0 unspecified atom stereocenters. The maximum Gasteiger partial charge on any atom is 0.387 e. The van der Waals surface area contributed by atoms with Crippen molar-refractivity contribution in [3.63, 3.8) is 0 Å². The average molecular weight is 185 g/mol. The van der Waals surface area contributed by atoms with E-state index >= 15 is 0 Å². The van der Waals surface area contributed by atoms with Gasteiger partial charge in [0, 0.05) is 12.5 Å². The highest BCUT2D eigenvalue weighted by Gasteiger charge is 2.04. The van der Waals surface area contributed by atoms with E-state index in [1.54, 1.807) is 0 Å². The van der Waals surface area contributed by atoms with Crippen LogP contribution >= 0.6 is 0 Å². The summed E-state index contributed by atoms with van der Waals surface area (Å²) in [5.41, 5.74) is 0.363. The molecule has 0 aromatic heterocycles. The Bertz CT molecular complexity index is 293. The number of carbonyl (C=O) groups excluding carboxylic acids is 1. The molecule has 0 saturated heterocycles. The molecule has 0 amide bonds. The van der Waals surface area contributed by atoms with Gasteiger partial charge in [-0.3, -0.25) is 4.79 Å². The number of Topliss-reactive ketones (excluding diaryl/α,β-unsaturated/α-hetero) is 1. The number of hydrogen-bond donors (Lipinski definition) is 0. The van der Waals surface area contributed by atoms with E-state index in [1.165, 1.54) is 24.3 Å². The number of ketones is 1. The molecule has 2 nitrogen and oxygen atoms in total. The molecule has 4 heteroatoms. The first-order chi connectivity index (χ1) is 6.09. The summed E-state index contributed by atoms with van der Waals surface area (Å²) in [7, 11) is 0. The molecule has 0 aliphatic carbocycles. The van der Waals surface area contributed by atoms with Gasteiger partial charge in [0.1, 0.15) is 5.75 Å². The Morgan fingerprint density at radius 2 is 1.85 bits per heavy atom. The van der Waals surface area contributed by atoms with E-state index in [2.05, 4.69) is 11.7 Å². The minimum atomic E-state index is -2.85. The third kappa shape index (κ3) is 2.82. The molecule has 1 radical (unpaired) electrons. The van der Waals surface area contributed by atoms with Gasteiger partial charge >= 0.3 is 6.61 Å². The van der Waals surface area contributed by atoms with Gasteiger partial charge in [-0.2, -0.15) is 8.78 Å². The molecule has 0 bridgehead atoms. The lowest BCUT2D eigenvalue weighted by atomic mass is 10.1. The Kier molecular flexibility index (Phi) is 2.95. The van der Waals surface area contributed by atoms with Crippen LogP contribution in [0.3, 0.4) is 0 Å². The molecule has 1 aromatic rings. The fourth-order valence-corrected chi connectivity index (χ4v) is 0.822. The third-order valence-electron chi connectivity index (χ3n) is 1.40. The molecule has 69 valence electrons. The lowest BCUT2D eigenvalue weighted by Crippen LogP contribution is -2.02. The summed E-state index contributed by atoms with van der Waals surface area (Å²) in [5.74, 6) is -0.330. The maximum atomic E-state index is 11.7. The third-order valence-corrected chi connectivity index (χ3v) is 1.40. The van der Waals surface area contributed by atoms with E-state index in [-0.39, 0.29) is 11.5 Å². The van der Waals surface area contributed by atoms with E-state index in [1.807, 2.05) is 0 Å². The second-order valence-corrected chi connectivity index (χ2v) is 2.33. The molecular formula is C9H7F2O2. The first-order valence-corrected chi connectivity index (χ1v) is 3.51. The van der Waals surface area contributed by atoms with E-state index in [0.717, 1.165) is 0 Å². The number of benzene rings is 1. The van der Waals surface area contributed by atoms with Crippen molar-refractivity contribution in [2.45, 2.75) is 6.61 Å². The SMILES string of the molecule is [CH2]C(=O)c1ccc(OC(F)F)cc1. The maximum absolute atomic E-state index is 11.7. The van der Waals surface area contributed by atoms with Crippen LogP contribution in [-0.4, -0.2) is 12.4 Å². The zero-order valence-corrected chi connectivity index (χ0v) is 6.67. The summed E-state index contributed by atoms with van der Waals surface area (Å²) < 4.78 is 27.4. The monoisotopic (exact) mass is 185 g/mol. The summed E-state index contributed by atoms with van der Waals surface area (Å²) in [5, 5.41) is 0. The number of hydrogen-bond acceptors (Lipinski definition) is 2. The second kappa shape index (κ2) is 3.98. The van der Waals surface area contributed by atoms with Crippen LogP contribution in [0.2, 0.25) is 0 Å². The Hall–Kier alpha value is -1.45. The number of rotatable bonds is 3. The van der Waals surface area contributed by atoms with Gasteiger partial charge in [-0.1, -0.05) is 0 Å². The van der Waals surface area contributed by atoms with Crippen molar-refractivity contribution < 1.29 is 18.3 Å². The van der Waals surface area contributed by atoms with Gasteiger partial charge in [0.2, 0.25) is 0 Å². The van der Waals surface area contributed by atoms with Crippen LogP contribution in [0.4, 0.5) is 8.78 Å². The zero-order valence-electron chi connectivity index (χ0n) is 6.67. The predicted octanol–water partition coefficient (Wildman–Crippen LogP) is 2.30. The normalized spacial score (nSPS) is 10.2. The smallest absolute Gasteiger partial charge is 0.387 e. The van der Waals surface area contributed by atoms with Crippen LogP contribution in [-0.2, 0) is 0 Å². The largest absolute Gasteiger partial charge is 0.435 e. The minimum absolute atomic E-state index is 0.0278. The summed E-state index contributed by atoms with van der Waals surface area (Å²) >= 11 is 0. The number of halogens is 2. The fraction of sp³-hybridized carbons (Fsp3) is 0.111. The van der Waals surface area contributed by atoms with Crippen LogP contribution in [0.1, 0.15) is 10.4 Å². The molecule has 0 N–H and O–H groups in total. The van der Waals surface area contributed by atoms with Gasteiger partial charge in [0.25, 0.3) is 0 Å². The van der Waals surface area contributed by atoms with E-state index < -0.39 is 6.61 Å². The van der Waals surface area contributed by atoms with Crippen molar-refractivity contribution in [2.24, 2.45) is 0 Å². The molecular weight excluding hydrogens is 178 g/mol. The Morgan fingerprint density at radius 3 is 2.23 bits per heavy atom. The van der Waals surface area contributed by atoms with Crippen LogP contribution in [0.15, 0.2) is 24.3 Å². The number of alkyl halides is 2. The van der Waals surface area contributed by atoms with Crippen molar-refractivity contribution in [2.75, 3.05) is 0 Å². The van der Waals surface area contributed by atoms with Gasteiger partial charge in [-0.05, 0) is 24.3 Å². The molecule has 1 aromatic carbocycles. The average Bonchev–Trinajstić information content (AvgIpc) is 2.04. The van der Waals surface area contributed by atoms with Crippen LogP contribution in [0.25, 0.3) is 0 Å². The van der Waals surface area contributed by atoms with Crippen molar-refractivity contribution in [3.8, 4) is 5.75 Å². The predicted molar refractivity (Wildman–Crippen MR) is 42.8 cm³/mol. The zero-order chi connectivity index (χ0) is 9.84. The van der Waals surface area contributed by atoms with Crippen molar-refractivity contribution >= 4 is 5.78 Å². The van der Waals surface area contributed by atoms with Crippen LogP contribution in [0, 0.1) is 6.92 Å². The van der Waals surface area contributed by atoms with Gasteiger partial charge in [-0.25, -0.2) is 0 Å². The van der Waals surface area contributed by atoms with Crippen molar-refractivity contribution in [1.82, 2.24) is 0 Å². The molecule has 0 spiro atoms. The quantitative estimate of drug-likeness (QED) is 0.675. The molecule has 0 heterocycles. The van der Waals surface area contributed by atoms with Gasteiger partial charge in [-0.15, -0.1) is 0 Å². The highest BCUT2D eigenvalue weighted by Crippen LogP contribution is 2.14. The summed E-state index contributed by atoms with van der Waals surface area (Å²) in [6, 6.07) is 5.36. The van der Waals surface area contributed by atoms with E-state index in [4.69, 9.17) is 0 Å². The molecule has 0 aliphatic heterocycles. The standard InChI is InChI=1S/C9H7F2O2/c1-6(12)7-2-4-8(5-3-7)13-9(10)11/h2-5,9H,1H2. The van der Waals surface area contributed by atoms with Gasteiger partial charge in [0.05, 0.1) is 0 Å². The number of carbonyl (C=O) groups is 1. The topological polar surface area (TPSA) is 26.3 Å². The number of ether oxygens (including phenoxy) is 1. The van der Waals surface area contributed by atoms with Gasteiger partial charge < -0.3 is 4.74 Å². The Labute approximate surface area is 74.1 Å². The first-order valence-electron chi connectivity index (χ1n) is 3.51. The summed E-state index contributed by atoms with van der Waals surface area (Å²) in [6.07, 6.45) is 0. The van der Waals surface area contributed by atoms with Crippen LogP contribution < -0.4 is 4.74 Å². The van der Waals surface area contributed by atoms with Gasteiger partial charge in [0.15, 0.2) is 5.78 Å². The minimum Gasteiger partial charge on any atom is -0.435 e. The highest BCUT2D eigenvalue weighted by atomic mass is 19.3. The molecule has 0 aliphatic rings. The first kappa shape index (κ1) is 9.64. The summed E-state index contributed by atoms with van der Waals surface area (Å²) in [6.45, 7) is 0.325. The lowest BCUT2D eigenvalue weighted by molar-refractivity contribution is -0.0498. The molecule has 0 atom stereocenters. The Morgan fingerprint density at radius 1 is 1.31 bits per heavy atom. The van der Waals surface area contributed by atoms with E-state index in [9.17, 15) is 13.6 Å². The highest BCUT2D eigenvalue weighted by molar-refractivity contribution is 5.99. The molecule has 1 rings (SSSR count).